The third kappa shape index (κ3) is 3.62. The number of thioether (sulfide) groups is 1. The lowest BCUT2D eigenvalue weighted by Gasteiger charge is -2.15. The zero-order valence-electron chi connectivity index (χ0n) is 17.6. The molecular formula is C25H24N4OS. The number of aromatic nitrogens is 4. The summed E-state index contributed by atoms with van der Waals surface area (Å²) in [5, 5.41) is 22.8. The molecule has 0 bridgehead atoms. The van der Waals surface area contributed by atoms with Gasteiger partial charge < -0.3 is 9.67 Å². The number of hydrogen-bond acceptors (Lipinski definition) is 4. The second kappa shape index (κ2) is 8.21. The van der Waals surface area contributed by atoms with E-state index in [1.807, 2.05) is 31.2 Å². The van der Waals surface area contributed by atoms with Crippen molar-refractivity contribution in [1.29, 1.82) is 0 Å². The highest BCUT2D eigenvalue weighted by atomic mass is 32.2. The van der Waals surface area contributed by atoms with Crippen molar-refractivity contribution in [2.75, 3.05) is 5.75 Å². The zero-order valence-corrected chi connectivity index (χ0v) is 18.4. The number of aliphatic hydroxyl groups is 1. The maximum Gasteiger partial charge on any atom is 0.195 e. The Kier molecular flexibility index (Phi) is 5.26. The number of hydrogen-bond donors (Lipinski definition) is 1. The molecule has 0 aliphatic heterocycles. The second-order valence-electron chi connectivity index (χ2n) is 7.76. The number of benzene rings is 3. The van der Waals surface area contributed by atoms with Crippen LogP contribution in [-0.2, 0) is 6.54 Å². The molecule has 0 aliphatic carbocycles. The van der Waals surface area contributed by atoms with Crippen LogP contribution >= 0.6 is 11.8 Å². The van der Waals surface area contributed by atoms with Gasteiger partial charge in [0, 0.05) is 27.6 Å². The molecule has 0 radical (unpaired) electrons. The predicted molar refractivity (Wildman–Crippen MR) is 127 cm³/mol. The molecule has 0 saturated carbocycles. The van der Waals surface area contributed by atoms with E-state index in [0.717, 1.165) is 33.3 Å². The van der Waals surface area contributed by atoms with Gasteiger partial charge >= 0.3 is 0 Å². The third-order valence-corrected chi connectivity index (χ3v) is 6.70. The summed E-state index contributed by atoms with van der Waals surface area (Å²) in [6.07, 6.45) is -0.522. The van der Waals surface area contributed by atoms with Crippen LogP contribution in [0.25, 0.3) is 27.5 Å². The normalized spacial score (nSPS) is 12.6. The highest BCUT2D eigenvalue weighted by molar-refractivity contribution is 7.99. The van der Waals surface area contributed by atoms with E-state index in [-0.39, 0.29) is 0 Å². The van der Waals surface area contributed by atoms with Crippen LogP contribution in [0.15, 0.2) is 78.0 Å². The van der Waals surface area contributed by atoms with Gasteiger partial charge in [0.25, 0.3) is 0 Å². The van der Waals surface area contributed by atoms with Gasteiger partial charge in [0.15, 0.2) is 5.16 Å². The minimum atomic E-state index is -0.522. The van der Waals surface area contributed by atoms with Crippen LogP contribution in [0.1, 0.15) is 11.4 Å². The lowest BCUT2D eigenvalue weighted by Crippen LogP contribution is -2.18. The number of fused-ring (bicyclic) bond motifs is 3. The van der Waals surface area contributed by atoms with Crippen molar-refractivity contribution in [3.63, 3.8) is 0 Å². The molecule has 156 valence electrons. The molecule has 6 heteroatoms. The van der Waals surface area contributed by atoms with Crippen LogP contribution in [-0.4, -0.2) is 36.3 Å². The minimum Gasteiger partial charge on any atom is -0.390 e. The lowest BCUT2D eigenvalue weighted by atomic mass is 10.2. The summed E-state index contributed by atoms with van der Waals surface area (Å²) in [5.74, 6) is 1.37. The first-order valence-electron chi connectivity index (χ1n) is 10.4. The summed E-state index contributed by atoms with van der Waals surface area (Å²) in [7, 11) is 0. The molecule has 2 aromatic heterocycles. The fourth-order valence-corrected chi connectivity index (χ4v) is 5.07. The largest absolute Gasteiger partial charge is 0.390 e. The monoisotopic (exact) mass is 428 g/mol. The molecule has 2 heterocycles. The van der Waals surface area contributed by atoms with Crippen molar-refractivity contribution in [1.82, 2.24) is 19.3 Å². The van der Waals surface area contributed by atoms with Gasteiger partial charge in [-0.2, -0.15) is 0 Å². The van der Waals surface area contributed by atoms with Gasteiger partial charge in [-0.1, -0.05) is 66.4 Å². The Balaban J connectivity index is 1.40. The maximum absolute atomic E-state index is 10.9. The molecule has 0 spiro atoms. The fourth-order valence-electron chi connectivity index (χ4n) is 4.16. The summed E-state index contributed by atoms with van der Waals surface area (Å²) < 4.78 is 4.28. The Morgan fingerprint density at radius 2 is 1.45 bits per heavy atom. The van der Waals surface area contributed by atoms with Gasteiger partial charge in [-0.3, -0.25) is 4.57 Å². The molecular weight excluding hydrogens is 404 g/mol. The molecule has 0 saturated heterocycles. The number of para-hydroxylation sites is 3. The summed E-state index contributed by atoms with van der Waals surface area (Å²) in [4.78, 5) is 0. The van der Waals surface area contributed by atoms with E-state index in [1.54, 1.807) is 0 Å². The quantitative estimate of drug-likeness (QED) is 0.380. The van der Waals surface area contributed by atoms with Gasteiger partial charge in [0.1, 0.15) is 5.82 Å². The molecule has 31 heavy (non-hydrogen) atoms. The Hall–Kier alpha value is -3.09. The molecule has 1 N–H and O–H groups in total. The van der Waals surface area contributed by atoms with Gasteiger partial charge in [-0.15, -0.1) is 10.2 Å². The van der Waals surface area contributed by atoms with Crippen LogP contribution in [0.3, 0.4) is 0 Å². The van der Waals surface area contributed by atoms with Gasteiger partial charge in [0.05, 0.1) is 18.3 Å². The van der Waals surface area contributed by atoms with Crippen molar-refractivity contribution in [3.8, 4) is 5.69 Å². The lowest BCUT2D eigenvalue weighted by molar-refractivity contribution is 0.181. The van der Waals surface area contributed by atoms with E-state index in [9.17, 15) is 5.11 Å². The Bertz CT molecular complexity index is 1320. The molecule has 5 aromatic rings. The predicted octanol–water partition coefficient (Wildman–Crippen LogP) is 5.15. The first-order valence-corrected chi connectivity index (χ1v) is 11.4. The van der Waals surface area contributed by atoms with E-state index in [0.29, 0.717) is 12.3 Å². The Morgan fingerprint density at radius 1 is 0.839 bits per heavy atom. The van der Waals surface area contributed by atoms with Crippen LogP contribution in [0.2, 0.25) is 0 Å². The van der Waals surface area contributed by atoms with E-state index >= 15 is 0 Å². The summed E-state index contributed by atoms with van der Waals surface area (Å²) >= 11 is 1.54. The minimum absolute atomic E-state index is 0.522. The van der Waals surface area contributed by atoms with E-state index in [4.69, 9.17) is 0 Å². The fraction of sp³-hybridized carbons (Fsp3) is 0.200. The van der Waals surface area contributed by atoms with Crippen molar-refractivity contribution < 1.29 is 5.11 Å². The highest BCUT2D eigenvalue weighted by Gasteiger charge is 2.17. The van der Waals surface area contributed by atoms with Crippen molar-refractivity contribution >= 4 is 33.6 Å². The first-order chi connectivity index (χ1) is 15.1. The standard InChI is InChI=1S/C25H24N4OS/c1-17-9-3-6-12-22(17)29-18(2)26-27-25(29)31-16-19(30)15-28-23-13-7-4-10-20(23)21-11-5-8-14-24(21)28/h3-14,19,30H,15-16H2,1-2H3. The van der Waals surface area contributed by atoms with Crippen LogP contribution in [0.5, 0.6) is 0 Å². The Labute approximate surface area is 185 Å². The number of nitrogens with zero attached hydrogens (tertiary/aromatic N) is 4. The third-order valence-electron chi connectivity index (χ3n) is 5.63. The smallest absolute Gasteiger partial charge is 0.195 e. The summed E-state index contributed by atoms with van der Waals surface area (Å²) in [6, 6.07) is 24.9. The van der Waals surface area contributed by atoms with E-state index in [2.05, 4.69) is 74.8 Å². The van der Waals surface area contributed by atoms with Crippen molar-refractivity contribution in [2.24, 2.45) is 0 Å². The molecule has 5 nitrogen and oxygen atoms in total. The second-order valence-corrected chi connectivity index (χ2v) is 8.75. The van der Waals surface area contributed by atoms with Crippen LogP contribution in [0.4, 0.5) is 0 Å². The molecule has 3 aromatic carbocycles. The highest BCUT2D eigenvalue weighted by Crippen LogP contribution is 2.30. The molecule has 1 atom stereocenters. The molecule has 5 rings (SSSR count). The van der Waals surface area contributed by atoms with Gasteiger partial charge in [-0.05, 0) is 37.6 Å². The van der Waals surface area contributed by atoms with Crippen molar-refractivity contribution in [2.45, 2.75) is 31.7 Å². The average Bonchev–Trinajstić information content (AvgIpc) is 3.31. The van der Waals surface area contributed by atoms with Crippen LogP contribution < -0.4 is 0 Å². The summed E-state index contributed by atoms with van der Waals surface area (Å²) in [6.45, 7) is 4.57. The number of aliphatic hydroxyl groups excluding tert-OH is 1. The molecule has 1 unspecified atom stereocenters. The van der Waals surface area contributed by atoms with Crippen molar-refractivity contribution in [3.05, 3.63) is 84.2 Å². The number of rotatable bonds is 6. The average molecular weight is 429 g/mol. The number of aryl methyl sites for hydroxylation is 2. The SMILES string of the molecule is Cc1ccccc1-n1c(C)nnc1SCC(O)Cn1c2ccccc2c2ccccc21. The topological polar surface area (TPSA) is 55.9 Å². The van der Waals surface area contributed by atoms with E-state index in [1.165, 1.54) is 22.5 Å². The van der Waals surface area contributed by atoms with Gasteiger partial charge in [0.2, 0.25) is 0 Å². The first kappa shape index (κ1) is 19.8. The molecule has 0 aliphatic rings. The zero-order chi connectivity index (χ0) is 21.4. The van der Waals surface area contributed by atoms with E-state index < -0.39 is 6.10 Å². The van der Waals surface area contributed by atoms with Gasteiger partial charge in [-0.25, -0.2) is 0 Å². The maximum atomic E-state index is 10.9. The molecule has 0 fully saturated rings. The van der Waals surface area contributed by atoms with Crippen LogP contribution in [0, 0.1) is 13.8 Å². The summed E-state index contributed by atoms with van der Waals surface area (Å²) in [5.41, 5.74) is 4.53. The Morgan fingerprint density at radius 3 is 2.13 bits per heavy atom. The molecule has 0 amide bonds.